The molecular formula is C15H13NO4S. The quantitative estimate of drug-likeness (QED) is 0.637. The zero-order chi connectivity index (χ0) is 14.4. The molecule has 0 amide bonds. The number of nitrogens with zero attached hydrogens (tertiary/aromatic N) is 1. The molecular weight excluding hydrogens is 290 g/mol. The Hall–Kier alpha value is -1.95. The Bertz CT molecular complexity index is 707. The fraction of sp³-hybridized carbons (Fsp3) is 0.333. The summed E-state index contributed by atoms with van der Waals surface area (Å²) in [6, 6.07) is 5.72. The van der Waals surface area contributed by atoms with Crippen molar-refractivity contribution in [2.75, 3.05) is 6.26 Å². The van der Waals surface area contributed by atoms with E-state index in [-0.39, 0.29) is 11.7 Å². The molecule has 2 aliphatic rings. The number of fused-ring (bicyclic) bond motifs is 1. The highest BCUT2D eigenvalue weighted by Gasteiger charge is 2.38. The number of thioether (sulfide) groups is 1. The van der Waals surface area contributed by atoms with Gasteiger partial charge in [0.1, 0.15) is 0 Å². The van der Waals surface area contributed by atoms with Crippen LogP contribution >= 0.6 is 11.8 Å². The molecule has 1 aromatic heterocycles. The topological polar surface area (TPSA) is 61.6 Å². The van der Waals surface area contributed by atoms with Gasteiger partial charge in [-0.3, -0.25) is 4.79 Å². The maximum Gasteiger partial charge on any atom is 0.304 e. The highest BCUT2D eigenvalue weighted by molar-refractivity contribution is 7.98. The predicted molar refractivity (Wildman–Crippen MR) is 75.8 cm³/mol. The maximum absolute atomic E-state index is 12.2. The number of carbonyl (C=O) groups is 1. The Morgan fingerprint density at radius 2 is 2.19 bits per heavy atom. The van der Waals surface area contributed by atoms with Gasteiger partial charge < -0.3 is 14.0 Å². The molecule has 1 aliphatic heterocycles. The Labute approximate surface area is 125 Å². The van der Waals surface area contributed by atoms with Crippen molar-refractivity contribution in [3.8, 4) is 11.5 Å². The summed E-state index contributed by atoms with van der Waals surface area (Å²) in [6.07, 6.45) is 4.57. The Balaban J connectivity index is 1.65. The lowest BCUT2D eigenvalue weighted by atomic mass is 10.1. The van der Waals surface area contributed by atoms with Crippen molar-refractivity contribution in [2.45, 2.75) is 24.0 Å². The molecule has 0 saturated heterocycles. The van der Waals surface area contributed by atoms with E-state index >= 15 is 0 Å². The zero-order valence-corrected chi connectivity index (χ0v) is 12.2. The number of rotatable bonds is 4. The number of carbonyl (C=O) groups excluding carboxylic acids is 1. The number of aromatic nitrogens is 1. The SMILES string of the molecule is CSc1cccc2c1OC(c1oncc1C(=O)C1CC1)O2. The van der Waals surface area contributed by atoms with Crippen LogP contribution < -0.4 is 9.47 Å². The second-order valence-electron chi connectivity index (χ2n) is 5.10. The molecule has 2 aromatic rings. The third-order valence-electron chi connectivity index (χ3n) is 3.65. The highest BCUT2D eigenvalue weighted by Crippen LogP contribution is 2.46. The van der Waals surface area contributed by atoms with Crippen molar-refractivity contribution in [3.63, 3.8) is 0 Å². The maximum atomic E-state index is 12.2. The van der Waals surface area contributed by atoms with Gasteiger partial charge in [0.25, 0.3) is 0 Å². The lowest BCUT2D eigenvalue weighted by molar-refractivity contribution is 0.0213. The minimum absolute atomic E-state index is 0.0690. The normalized spacial score (nSPS) is 19.8. The van der Waals surface area contributed by atoms with E-state index in [0.717, 1.165) is 17.7 Å². The molecule has 0 bridgehead atoms. The lowest BCUT2D eigenvalue weighted by Gasteiger charge is -2.08. The van der Waals surface area contributed by atoms with Crippen LogP contribution in [0.25, 0.3) is 0 Å². The van der Waals surface area contributed by atoms with Crippen LogP contribution in [0.2, 0.25) is 0 Å². The molecule has 1 fully saturated rings. The third-order valence-corrected chi connectivity index (χ3v) is 4.41. The van der Waals surface area contributed by atoms with Gasteiger partial charge in [-0.2, -0.15) is 0 Å². The van der Waals surface area contributed by atoms with Crippen LogP contribution in [0.1, 0.15) is 35.2 Å². The largest absolute Gasteiger partial charge is 0.444 e. The summed E-state index contributed by atoms with van der Waals surface area (Å²) in [4.78, 5) is 13.2. The van der Waals surface area contributed by atoms with Crippen LogP contribution in [0, 0.1) is 5.92 Å². The average Bonchev–Trinajstić information content (AvgIpc) is 3.08. The molecule has 1 saturated carbocycles. The molecule has 2 heterocycles. The van der Waals surface area contributed by atoms with Crippen molar-refractivity contribution < 1.29 is 18.8 Å². The minimum atomic E-state index is -0.742. The van der Waals surface area contributed by atoms with E-state index in [2.05, 4.69) is 5.16 Å². The Morgan fingerprint density at radius 3 is 2.95 bits per heavy atom. The van der Waals surface area contributed by atoms with Crippen LogP contribution in [-0.4, -0.2) is 17.2 Å². The highest BCUT2D eigenvalue weighted by atomic mass is 32.2. The van der Waals surface area contributed by atoms with Gasteiger partial charge in [-0.25, -0.2) is 0 Å². The summed E-state index contributed by atoms with van der Waals surface area (Å²) >= 11 is 1.58. The molecule has 4 rings (SSSR count). The third kappa shape index (κ3) is 2.10. The zero-order valence-electron chi connectivity index (χ0n) is 11.4. The van der Waals surface area contributed by atoms with Gasteiger partial charge in [0.15, 0.2) is 17.3 Å². The number of ether oxygens (including phenoxy) is 2. The number of hydrogen-bond acceptors (Lipinski definition) is 6. The van der Waals surface area contributed by atoms with Crippen LogP contribution in [0.3, 0.4) is 0 Å². The lowest BCUT2D eigenvalue weighted by Crippen LogP contribution is -2.12. The predicted octanol–water partition coefficient (Wildman–Crippen LogP) is 3.46. The van der Waals surface area contributed by atoms with Crippen molar-refractivity contribution in [1.82, 2.24) is 5.16 Å². The standard InChI is InChI=1S/C15H13NO4S/c1-21-11-4-2-3-10-14(11)19-15(18-10)13-9(7-16-20-13)12(17)8-5-6-8/h2-4,7-8,15H,5-6H2,1H3. The van der Waals surface area contributed by atoms with Gasteiger partial charge in [0, 0.05) is 5.92 Å². The molecule has 6 heteroatoms. The van der Waals surface area contributed by atoms with Gasteiger partial charge in [0.05, 0.1) is 16.7 Å². The summed E-state index contributed by atoms with van der Waals surface area (Å²) in [5, 5.41) is 3.74. The van der Waals surface area contributed by atoms with E-state index < -0.39 is 6.29 Å². The van der Waals surface area contributed by atoms with Gasteiger partial charge >= 0.3 is 6.29 Å². The number of Topliss-reactive ketones (excluding diaryl/α,β-unsaturated/α-hetero) is 1. The summed E-state index contributed by atoms with van der Waals surface area (Å²) in [7, 11) is 0. The first-order chi connectivity index (χ1) is 10.3. The molecule has 0 spiro atoms. The monoisotopic (exact) mass is 303 g/mol. The number of ketones is 1. The van der Waals surface area contributed by atoms with E-state index in [1.54, 1.807) is 11.8 Å². The summed E-state index contributed by atoms with van der Waals surface area (Å²) in [5.74, 6) is 1.88. The van der Waals surface area contributed by atoms with E-state index in [1.165, 1.54) is 6.20 Å². The fourth-order valence-electron chi connectivity index (χ4n) is 2.39. The van der Waals surface area contributed by atoms with Crippen molar-refractivity contribution in [3.05, 3.63) is 35.7 Å². The van der Waals surface area contributed by atoms with E-state index in [4.69, 9.17) is 14.0 Å². The van der Waals surface area contributed by atoms with E-state index in [0.29, 0.717) is 22.8 Å². The molecule has 1 aliphatic carbocycles. The van der Waals surface area contributed by atoms with E-state index in [1.807, 2.05) is 24.5 Å². The van der Waals surface area contributed by atoms with Crippen molar-refractivity contribution in [1.29, 1.82) is 0 Å². The van der Waals surface area contributed by atoms with Gasteiger partial charge in [-0.05, 0) is 31.2 Å². The first kappa shape index (κ1) is 12.8. The number of benzene rings is 1. The first-order valence-electron chi connectivity index (χ1n) is 6.77. The molecule has 1 unspecified atom stereocenters. The number of para-hydroxylation sites is 1. The minimum Gasteiger partial charge on any atom is -0.444 e. The van der Waals surface area contributed by atoms with E-state index in [9.17, 15) is 4.79 Å². The molecule has 0 radical (unpaired) electrons. The summed E-state index contributed by atoms with van der Waals surface area (Å²) in [6.45, 7) is 0. The van der Waals surface area contributed by atoms with Gasteiger partial charge in [-0.15, -0.1) is 11.8 Å². The molecule has 1 aromatic carbocycles. The summed E-state index contributed by atoms with van der Waals surface area (Å²) in [5.41, 5.74) is 0.473. The van der Waals surface area contributed by atoms with Crippen LogP contribution in [0.5, 0.6) is 11.5 Å². The molecule has 0 N–H and O–H groups in total. The van der Waals surface area contributed by atoms with Crippen molar-refractivity contribution >= 4 is 17.5 Å². The Morgan fingerprint density at radius 1 is 1.33 bits per heavy atom. The van der Waals surface area contributed by atoms with Crippen LogP contribution in [-0.2, 0) is 0 Å². The Kier molecular flexibility index (Phi) is 2.92. The average molecular weight is 303 g/mol. The van der Waals surface area contributed by atoms with Gasteiger partial charge in [-0.1, -0.05) is 11.2 Å². The summed E-state index contributed by atoms with van der Waals surface area (Å²) < 4.78 is 16.8. The molecule has 5 nitrogen and oxygen atoms in total. The second-order valence-corrected chi connectivity index (χ2v) is 5.95. The van der Waals surface area contributed by atoms with Crippen LogP contribution in [0.4, 0.5) is 0 Å². The fourth-order valence-corrected chi connectivity index (χ4v) is 2.94. The molecule has 108 valence electrons. The van der Waals surface area contributed by atoms with Crippen LogP contribution in [0.15, 0.2) is 33.8 Å². The molecule has 21 heavy (non-hydrogen) atoms. The first-order valence-corrected chi connectivity index (χ1v) is 7.99. The van der Waals surface area contributed by atoms with Crippen molar-refractivity contribution in [2.24, 2.45) is 5.92 Å². The second kappa shape index (κ2) is 4.80. The number of hydrogen-bond donors (Lipinski definition) is 0. The smallest absolute Gasteiger partial charge is 0.304 e. The van der Waals surface area contributed by atoms with Gasteiger partial charge in [0.2, 0.25) is 5.76 Å². The molecule has 1 atom stereocenters.